The van der Waals surface area contributed by atoms with E-state index in [1.165, 1.54) is 31.5 Å². The van der Waals surface area contributed by atoms with Gasteiger partial charge in [-0.1, -0.05) is 18.2 Å². The number of carbonyl (C=O) groups is 1. The molecule has 0 radical (unpaired) electrons. The number of H-pyrrole nitrogens is 1. The second-order valence-electron chi connectivity index (χ2n) is 5.10. The Hall–Kier alpha value is -2.36. The van der Waals surface area contributed by atoms with E-state index in [1.54, 1.807) is 12.1 Å². The molecule has 2 aromatic carbocycles. The van der Waals surface area contributed by atoms with Gasteiger partial charge in [0.05, 0.1) is 22.0 Å². The number of amides is 1. The molecule has 0 saturated carbocycles. The number of aromatic nitrogens is 1. The number of hydrogen-bond acceptors (Lipinski definition) is 4. The van der Waals surface area contributed by atoms with E-state index < -0.39 is 15.9 Å². The molecule has 1 heterocycles. The SMILES string of the molecule is COc1ccc(S(=O)(=O)NNC(=O)c2c[nH]c3ccccc23)cc1Br. The lowest BCUT2D eigenvalue weighted by Crippen LogP contribution is -2.41. The normalized spacial score (nSPS) is 11.4. The molecule has 1 aromatic heterocycles. The Labute approximate surface area is 152 Å². The molecule has 1 amide bonds. The van der Waals surface area contributed by atoms with Crippen LogP contribution in [0.4, 0.5) is 0 Å². The Kier molecular flexibility index (Phi) is 4.80. The number of rotatable bonds is 5. The van der Waals surface area contributed by atoms with E-state index in [9.17, 15) is 13.2 Å². The van der Waals surface area contributed by atoms with Crippen LogP contribution in [-0.2, 0) is 10.0 Å². The largest absolute Gasteiger partial charge is 0.496 e. The van der Waals surface area contributed by atoms with Crippen molar-refractivity contribution in [1.82, 2.24) is 15.2 Å². The lowest BCUT2D eigenvalue weighted by atomic mass is 10.2. The number of sulfonamides is 1. The topological polar surface area (TPSA) is 100 Å². The van der Waals surface area contributed by atoms with Crippen molar-refractivity contribution in [2.75, 3.05) is 7.11 Å². The summed E-state index contributed by atoms with van der Waals surface area (Å²) >= 11 is 3.23. The number of nitrogens with one attached hydrogen (secondary N) is 3. The standard InChI is InChI=1S/C16H14BrN3O4S/c1-24-15-7-6-10(8-13(15)17)25(22,23)20-19-16(21)12-9-18-14-5-3-2-4-11(12)14/h2-9,18,20H,1H3,(H,19,21). The average Bonchev–Trinajstić information content (AvgIpc) is 3.04. The highest BCUT2D eigenvalue weighted by Crippen LogP contribution is 2.27. The van der Waals surface area contributed by atoms with Gasteiger partial charge in [-0.05, 0) is 40.2 Å². The Morgan fingerprint density at radius 2 is 1.96 bits per heavy atom. The van der Waals surface area contributed by atoms with Crippen LogP contribution >= 0.6 is 15.9 Å². The van der Waals surface area contributed by atoms with Crippen molar-refractivity contribution in [3.05, 3.63) is 58.7 Å². The van der Waals surface area contributed by atoms with E-state index in [0.717, 1.165) is 5.52 Å². The van der Waals surface area contributed by atoms with Crippen molar-refractivity contribution >= 4 is 42.8 Å². The average molecular weight is 424 g/mol. The number of aromatic amines is 1. The van der Waals surface area contributed by atoms with Crippen LogP contribution in [0.25, 0.3) is 10.9 Å². The first kappa shape index (κ1) is 17.5. The lowest BCUT2D eigenvalue weighted by molar-refractivity contribution is 0.0947. The number of hydrogen-bond donors (Lipinski definition) is 3. The first-order valence-corrected chi connectivity index (χ1v) is 9.42. The molecule has 0 spiro atoms. The van der Waals surface area contributed by atoms with E-state index in [1.807, 2.05) is 12.1 Å². The summed E-state index contributed by atoms with van der Waals surface area (Å²) in [6.45, 7) is 0. The van der Waals surface area contributed by atoms with E-state index in [-0.39, 0.29) is 4.90 Å². The fraction of sp³-hybridized carbons (Fsp3) is 0.0625. The fourth-order valence-corrected chi connectivity index (χ4v) is 3.87. The maximum atomic E-state index is 12.3. The number of fused-ring (bicyclic) bond motifs is 1. The summed E-state index contributed by atoms with van der Waals surface area (Å²) in [4.78, 5) is 17.3. The maximum absolute atomic E-state index is 12.3. The Morgan fingerprint density at radius 1 is 1.20 bits per heavy atom. The molecule has 0 unspecified atom stereocenters. The first-order valence-electron chi connectivity index (χ1n) is 7.14. The lowest BCUT2D eigenvalue weighted by Gasteiger charge is -2.10. The summed E-state index contributed by atoms with van der Waals surface area (Å²) in [5.41, 5.74) is 3.35. The Bertz CT molecular complexity index is 1050. The second-order valence-corrected chi connectivity index (χ2v) is 7.64. The molecule has 25 heavy (non-hydrogen) atoms. The third-order valence-corrected chi connectivity index (χ3v) is 5.43. The number of halogens is 1. The number of methoxy groups -OCH3 is 1. The van der Waals surface area contributed by atoms with Gasteiger partial charge in [-0.15, -0.1) is 4.83 Å². The summed E-state index contributed by atoms with van der Waals surface area (Å²) in [6, 6.07) is 11.5. The summed E-state index contributed by atoms with van der Waals surface area (Å²) in [5, 5.41) is 0.700. The Balaban J connectivity index is 1.78. The number of hydrazine groups is 1. The van der Waals surface area contributed by atoms with Gasteiger partial charge < -0.3 is 9.72 Å². The van der Waals surface area contributed by atoms with E-state index in [4.69, 9.17) is 4.74 Å². The number of ether oxygens (including phenoxy) is 1. The molecule has 7 nitrogen and oxygen atoms in total. The van der Waals surface area contributed by atoms with Gasteiger partial charge in [0.2, 0.25) is 0 Å². The van der Waals surface area contributed by atoms with Crippen LogP contribution in [-0.4, -0.2) is 26.4 Å². The first-order chi connectivity index (χ1) is 11.9. The predicted octanol–water partition coefficient (Wildman–Crippen LogP) is 2.56. The molecule has 9 heteroatoms. The zero-order valence-electron chi connectivity index (χ0n) is 13.0. The van der Waals surface area contributed by atoms with Crippen molar-refractivity contribution in [3.63, 3.8) is 0 Å². The molecule has 130 valence electrons. The minimum Gasteiger partial charge on any atom is -0.496 e. The smallest absolute Gasteiger partial charge is 0.268 e. The van der Waals surface area contributed by atoms with Crippen molar-refractivity contribution in [2.45, 2.75) is 4.90 Å². The minimum atomic E-state index is -3.92. The molecule has 3 rings (SSSR count). The van der Waals surface area contributed by atoms with Crippen molar-refractivity contribution in [3.8, 4) is 5.75 Å². The highest BCUT2D eigenvalue weighted by molar-refractivity contribution is 9.10. The van der Waals surface area contributed by atoms with Gasteiger partial charge in [0.1, 0.15) is 5.75 Å². The van der Waals surface area contributed by atoms with Gasteiger partial charge in [0, 0.05) is 17.1 Å². The van der Waals surface area contributed by atoms with Crippen LogP contribution in [0.2, 0.25) is 0 Å². The molecular formula is C16H14BrN3O4S. The van der Waals surface area contributed by atoms with Gasteiger partial charge in [-0.3, -0.25) is 10.2 Å². The van der Waals surface area contributed by atoms with Gasteiger partial charge in [-0.25, -0.2) is 8.42 Å². The van der Waals surface area contributed by atoms with Crippen molar-refractivity contribution in [2.24, 2.45) is 0 Å². The Morgan fingerprint density at radius 3 is 2.68 bits per heavy atom. The van der Waals surface area contributed by atoms with Gasteiger partial charge in [0.15, 0.2) is 0 Å². The summed E-state index contributed by atoms with van der Waals surface area (Å²) < 4.78 is 30.2. The zero-order valence-corrected chi connectivity index (χ0v) is 15.4. The predicted molar refractivity (Wildman–Crippen MR) is 96.8 cm³/mol. The monoisotopic (exact) mass is 423 g/mol. The number of benzene rings is 2. The molecule has 3 aromatic rings. The molecule has 0 fully saturated rings. The quantitative estimate of drug-likeness (QED) is 0.548. The molecule has 0 aliphatic carbocycles. The van der Waals surface area contributed by atoms with Gasteiger partial charge >= 0.3 is 0 Å². The molecule has 0 aliphatic rings. The molecule has 0 atom stereocenters. The minimum absolute atomic E-state index is 0.0144. The third-order valence-electron chi connectivity index (χ3n) is 3.57. The second kappa shape index (κ2) is 6.87. The summed E-state index contributed by atoms with van der Waals surface area (Å²) in [6.07, 6.45) is 1.53. The fourth-order valence-electron chi connectivity index (χ4n) is 2.31. The van der Waals surface area contributed by atoms with Gasteiger partial charge in [-0.2, -0.15) is 0 Å². The summed E-state index contributed by atoms with van der Waals surface area (Å²) in [7, 11) is -2.44. The van der Waals surface area contributed by atoms with Crippen LogP contribution in [0.1, 0.15) is 10.4 Å². The van der Waals surface area contributed by atoms with E-state index >= 15 is 0 Å². The zero-order chi connectivity index (χ0) is 18.0. The third kappa shape index (κ3) is 3.53. The molecule has 3 N–H and O–H groups in total. The highest BCUT2D eigenvalue weighted by Gasteiger charge is 2.18. The van der Waals surface area contributed by atoms with Crippen LogP contribution in [0, 0.1) is 0 Å². The van der Waals surface area contributed by atoms with Crippen molar-refractivity contribution in [1.29, 1.82) is 0 Å². The van der Waals surface area contributed by atoms with Crippen LogP contribution in [0.5, 0.6) is 5.75 Å². The molecule has 0 bridgehead atoms. The molecule has 0 saturated heterocycles. The van der Waals surface area contributed by atoms with Crippen LogP contribution in [0.15, 0.2) is 58.0 Å². The number of carbonyl (C=O) groups excluding carboxylic acids is 1. The molecule has 0 aliphatic heterocycles. The highest BCUT2D eigenvalue weighted by atomic mass is 79.9. The molecular weight excluding hydrogens is 410 g/mol. The van der Waals surface area contributed by atoms with Gasteiger partial charge in [0.25, 0.3) is 15.9 Å². The van der Waals surface area contributed by atoms with Crippen LogP contribution in [0.3, 0.4) is 0 Å². The van der Waals surface area contributed by atoms with Crippen molar-refractivity contribution < 1.29 is 17.9 Å². The van der Waals surface area contributed by atoms with Crippen LogP contribution < -0.4 is 15.0 Å². The van der Waals surface area contributed by atoms with E-state index in [2.05, 4.69) is 31.2 Å². The van der Waals surface area contributed by atoms with E-state index in [0.29, 0.717) is 21.2 Å². The number of para-hydroxylation sites is 1. The summed E-state index contributed by atoms with van der Waals surface area (Å²) in [5.74, 6) is -0.0598. The maximum Gasteiger partial charge on any atom is 0.268 e.